The van der Waals surface area contributed by atoms with Crippen molar-refractivity contribution in [3.63, 3.8) is 0 Å². The molecule has 0 unspecified atom stereocenters. The van der Waals surface area contributed by atoms with Crippen molar-refractivity contribution in [3.8, 4) is 0 Å². The molecular weight excluding hydrogens is 367 g/mol. The van der Waals surface area contributed by atoms with E-state index in [0.717, 1.165) is 9.37 Å². The Kier molecular flexibility index (Phi) is 5.34. The second-order valence-corrected chi connectivity index (χ2v) is 6.46. The van der Waals surface area contributed by atoms with Crippen molar-refractivity contribution >= 4 is 56.7 Å². The second kappa shape index (κ2) is 6.80. The molecule has 0 amide bonds. The highest BCUT2D eigenvalue weighted by molar-refractivity contribution is 9.10. The van der Waals surface area contributed by atoms with Gasteiger partial charge in [0.05, 0.1) is 15.8 Å². The van der Waals surface area contributed by atoms with Crippen LogP contribution < -0.4 is 0 Å². The molecule has 0 aliphatic heterocycles. The maximum absolute atomic E-state index is 12.1. The van der Waals surface area contributed by atoms with Crippen molar-refractivity contribution in [1.82, 2.24) is 0 Å². The van der Waals surface area contributed by atoms with Gasteiger partial charge in [-0.2, -0.15) is 0 Å². The first-order chi connectivity index (χ1) is 9.08. The molecule has 0 aliphatic rings. The van der Waals surface area contributed by atoms with Crippen LogP contribution in [-0.4, -0.2) is 11.5 Å². The Morgan fingerprint density at radius 3 is 2.53 bits per heavy atom. The Morgan fingerprint density at radius 2 is 1.84 bits per heavy atom. The normalized spacial score (nSPS) is 10.5. The number of carbonyl (C=O) groups is 1. The van der Waals surface area contributed by atoms with Crippen LogP contribution in [0.5, 0.6) is 0 Å². The van der Waals surface area contributed by atoms with E-state index in [1.54, 1.807) is 18.2 Å². The minimum absolute atomic E-state index is 0.0271. The van der Waals surface area contributed by atoms with E-state index in [2.05, 4.69) is 15.9 Å². The summed E-state index contributed by atoms with van der Waals surface area (Å²) >= 11 is 16.7. The van der Waals surface area contributed by atoms with Gasteiger partial charge in [-0.15, -0.1) is 11.8 Å². The molecule has 0 aliphatic carbocycles. The van der Waals surface area contributed by atoms with E-state index in [1.165, 1.54) is 11.8 Å². The first kappa shape index (κ1) is 14.9. The van der Waals surface area contributed by atoms with Crippen molar-refractivity contribution in [3.05, 3.63) is 62.5 Å². The monoisotopic (exact) mass is 374 g/mol. The van der Waals surface area contributed by atoms with Gasteiger partial charge in [-0.1, -0.05) is 35.3 Å². The first-order valence-electron chi connectivity index (χ1n) is 5.43. The van der Waals surface area contributed by atoms with Gasteiger partial charge in [0.1, 0.15) is 0 Å². The van der Waals surface area contributed by atoms with Crippen LogP contribution in [0.1, 0.15) is 10.4 Å². The van der Waals surface area contributed by atoms with Crippen LogP contribution in [0.3, 0.4) is 0 Å². The number of hydrogen-bond acceptors (Lipinski definition) is 2. The van der Waals surface area contributed by atoms with E-state index in [0.29, 0.717) is 21.4 Å². The average molecular weight is 376 g/mol. The molecule has 0 atom stereocenters. The molecule has 5 heteroatoms. The Morgan fingerprint density at radius 1 is 1.11 bits per heavy atom. The molecule has 0 saturated heterocycles. The van der Waals surface area contributed by atoms with Crippen LogP contribution in [-0.2, 0) is 0 Å². The molecule has 0 heterocycles. The number of carbonyl (C=O) groups excluding carboxylic acids is 1. The van der Waals surface area contributed by atoms with Crippen molar-refractivity contribution in [2.24, 2.45) is 0 Å². The van der Waals surface area contributed by atoms with E-state index in [1.807, 2.05) is 24.3 Å². The fraction of sp³-hybridized carbons (Fsp3) is 0.0714. The molecule has 2 aromatic rings. The summed E-state index contributed by atoms with van der Waals surface area (Å²) in [5.74, 6) is 0.389. The molecule has 0 fully saturated rings. The maximum atomic E-state index is 12.1. The number of halogens is 3. The molecular formula is C14H9BrCl2OS. The van der Waals surface area contributed by atoms with Crippen molar-refractivity contribution in [2.45, 2.75) is 4.90 Å². The lowest BCUT2D eigenvalue weighted by Crippen LogP contribution is -2.02. The summed E-state index contributed by atoms with van der Waals surface area (Å²) in [4.78, 5) is 13.1. The van der Waals surface area contributed by atoms with Crippen LogP contribution in [0.2, 0.25) is 10.0 Å². The number of hydrogen-bond donors (Lipinski definition) is 0. The van der Waals surface area contributed by atoms with Gasteiger partial charge in [-0.3, -0.25) is 4.79 Å². The summed E-state index contributed by atoms with van der Waals surface area (Å²) in [6.45, 7) is 0. The molecule has 1 nitrogen and oxygen atoms in total. The largest absolute Gasteiger partial charge is 0.293 e. The Hall–Kier alpha value is -0.480. The molecule has 19 heavy (non-hydrogen) atoms. The second-order valence-electron chi connectivity index (χ2n) is 3.77. The van der Waals surface area contributed by atoms with Crippen molar-refractivity contribution in [1.29, 1.82) is 0 Å². The van der Waals surface area contributed by atoms with Gasteiger partial charge in [0.15, 0.2) is 5.78 Å². The number of benzene rings is 2. The molecule has 0 bridgehead atoms. The zero-order valence-corrected chi connectivity index (χ0v) is 13.6. The minimum atomic E-state index is 0.0271. The lowest BCUT2D eigenvalue weighted by atomic mass is 10.1. The van der Waals surface area contributed by atoms with E-state index in [9.17, 15) is 4.79 Å². The Bertz CT molecular complexity index is 616. The van der Waals surface area contributed by atoms with Gasteiger partial charge in [0.2, 0.25) is 0 Å². The van der Waals surface area contributed by atoms with E-state index < -0.39 is 0 Å². The van der Waals surface area contributed by atoms with Crippen LogP contribution in [0.15, 0.2) is 51.8 Å². The molecule has 0 radical (unpaired) electrons. The van der Waals surface area contributed by atoms with Gasteiger partial charge in [-0.25, -0.2) is 0 Å². The van der Waals surface area contributed by atoms with Gasteiger partial charge in [-0.05, 0) is 46.3 Å². The van der Waals surface area contributed by atoms with Gasteiger partial charge in [0, 0.05) is 14.9 Å². The van der Waals surface area contributed by atoms with E-state index in [-0.39, 0.29) is 5.78 Å². The highest BCUT2D eigenvalue weighted by Crippen LogP contribution is 2.28. The summed E-state index contributed by atoms with van der Waals surface area (Å²) in [5.41, 5.74) is 0.578. The number of Topliss-reactive ketones (excluding diaryl/α,β-unsaturated/α-hetero) is 1. The fourth-order valence-corrected chi connectivity index (χ4v) is 3.22. The molecule has 0 spiro atoms. The SMILES string of the molecule is O=C(CSc1ccccc1Br)c1ccc(Cl)c(Cl)c1. The van der Waals surface area contributed by atoms with Crippen LogP contribution in [0.4, 0.5) is 0 Å². The lowest BCUT2D eigenvalue weighted by Gasteiger charge is -2.04. The van der Waals surface area contributed by atoms with Crippen LogP contribution in [0.25, 0.3) is 0 Å². The summed E-state index contributed by atoms with van der Waals surface area (Å²) in [5, 5.41) is 0.857. The van der Waals surface area contributed by atoms with Gasteiger partial charge in [0.25, 0.3) is 0 Å². The fourth-order valence-electron chi connectivity index (χ4n) is 1.46. The van der Waals surface area contributed by atoms with Gasteiger partial charge >= 0.3 is 0 Å². The number of ketones is 1. The van der Waals surface area contributed by atoms with Crippen molar-refractivity contribution in [2.75, 3.05) is 5.75 Å². The van der Waals surface area contributed by atoms with E-state index in [4.69, 9.17) is 23.2 Å². The molecule has 2 aromatic carbocycles. The molecule has 0 aromatic heterocycles. The average Bonchev–Trinajstić information content (AvgIpc) is 2.40. The summed E-state index contributed by atoms with van der Waals surface area (Å²) in [6, 6.07) is 12.7. The third-order valence-electron chi connectivity index (χ3n) is 2.44. The predicted octanol–water partition coefficient (Wildman–Crippen LogP) is 5.73. The number of rotatable bonds is 4. The Balaban J connectivity index is 2.05. The zero-order valence-electron chi connectivity index (χ0n) is 9.70. The zero-order chi connectivity index (χ0) is 13.8. The molecule has 0 N–H and O–H groups in total. The van der Waals surface area contributed by atoms with Gasteiger partial charge < -0.3 is 0 Å². The maximum Gasteiger partial charge on any atom is 0.173 e. The third-order valence-corrected chi connectivity index (χ3v) is 5.20. The smallest absolute Gasteiger partial charge is 0.173 e. The lowest BCUT2D eigenvalue weighted by molar-refractivity contribution is 0.102. The minimum Gasteiger partial charge on any atom is -0.293 e. The van der Waals surface area contributed by atoms with Crippen molar-refractivity contribution < 1.29 is 4.79 Å². The standard InChI is InChI=1S/C14H9BrCl2OS/c15-10-3-1-2-4-14(10)19-8-13(18)9-5-6-11(16)12(17)7-9/h1-7H,8H2. The molecule has 2 rings (SSSR count). The number of thioether (sulfide) groups is 1. The molecule has 98 valence electrons. The first-order valence-corrected chi connectivity index (χ1v) is 7.97. The highest BCUT2D eigenvalue weighted by atomic mass is 79.9. The quantitative estimate of drug-likeness (QED) is 0.501. The topological polar surface area (TPSA) is 17.1 Å². The van der Waals surface area contributed by atoms with E-state index >= 15 is 0 Å². The summed E-state index contributed by atoms with van der Waals surface area (Å²) in [7, 11) is 0. The summed E-state index contributed by atoms with van der Waals surface area (Å²) in [6.07, 6.45) is 0. The van der Waals surface area contributed by atoms with Crippen LogP contribution in [0, 0.1) is 0 Å². The molecule has 0 saturated carbocycles. The third kappa shape index (κ3) is 3.99. The summed E-state index contributed by atoms with van der Waals surface area (Å²) < 4.78 is 0.988. The Labute approximate surface area is 134 Å². The van der Waals surface area contributed by atoms with Crippen LogP contribution >= 0.6 is 50.9 Å². The highest BCUT2D eigenvalue weighted by Gasteiger charge is 2.09. The predicted molar refractivity (Wildman–Crippen MR) is 85.7 cm³/mol.